The minimum Gasteiger partial charge on any atom is -0.493 e. The molecular formula is C24H32N2O5S. The summed E-state index contributed by atoms with van der Waals surface area (Å²) in [6.07, 6.45) is 2.74. The van der Waals surface area contributed by atoms with Crippen molar-refractivity contribution in [3.05, 3.63) is 53.6 Å². The first-order valence-electron chi connectivity index (χ1n) is 10.9. The monoisotopic (exact) mass is 460 g/mol. The summed E-state index contributed by atoms with van der Waals surface area (Å²) >= 11 is 0. The normalized spacial score (nSPS) is 17.1. The topological polar surface area (TPSA) is 76.1 Å². The highest BCUT2D eigenvalue weighted by atomic mass is 32.2. The van der Waals surface area contributed by atoms with Crippen molar-refractivity contribution >= 4 is 15.9 Å². The lowest BCUT2D eigenvalue weighted by molar-refractivity contribution is 0.0772. The zero-order valence-electron chi connectivity index (χ0n) is 19.2. The number of benzene rings is 2. The molecule has 1 aliphatic heterocycles. The fraction of sp³-hybridized carbons (Fsp3) is 0.458. The van der Waals surface area contributed by atoms with Gasteiger partial charge >= 0.3 is 0 Å². The third-order valence-corrected chi connectivity index (χ3v) is 7.90. The Morgan fingerprint density at radius 2 is 1.88 bits per heavy atom. The third kappa shape index (κ3) is 5.24. The van der Waals surface area contributed by atoms with Crippen LogP contribution in [-0.4, -0.2) is 63.4 Å². The van der Waals surface area contributed by atoms with Gasteiger partial charge in [0, 0.05) is 25.2 Å². The SMILES string of the molecule is COc1ccccc1OCCN(C)C(=O)c1cc(S(=O)(=O)N2CCCCC2C)ccc1C. The summed E-state index contributed by atoms with van der Waals surface area (Å²) in [4.78, 5) is 14.8. The maximum Gasteiger partial charge on any atom is 0.254 e. The number of carbonyl (C=O) groups is 1. The number of amides is 1. The standard InChI is InChI=1S/C24H32N2O5S/c1-18-12-13-20(32(28,29)26-14-8-7-9-19(26)2)17-21(18)24(27)25(3)15-16-31-23-11-6-5-10-22(23)30-4/h5-6,10-13,17,19H,7-9,14-16H2,1-4H3. The Hall–Kier alpha value is -2.58. The van der Waals surface area contributed by atoms with Crippen molar-refractivity contribution in [2.75, 3.05) is 33.9 Å². The molecule has 0 bridgehead atoms. The van der Waals surface area contributed by atoms with E-state index in [9.17, 15) is 13.2 Å². The highest BCUT2D eigenvalue weighted by molar-refractivity contribution is 7.89. The molecule has 174 valence electrons. The van der Waals surface area contributed by atoms with Crippen LogP contribution in [0.3, 0.4) is 0 Å². The maximum atomic E-state index is 13.2. The van der Waals surface area contributed by atoms with Crippen LogP contribution in [0.2, 0.25) is 0 Å². The molecule has 1 heterocycles. The molecule has 7 nitrogen and oxygen atoms in total. The summed E-state index contributed by atoms with van der Waals surface area (Å²) in [5, 5.41) is 0. The van der Waals surface area contributed by atoms with E-state index in [4.69, 9.17) is 9.47 Å². The summed E-state index contributed by atoms with van der Waals surface area (Å²) in [6, 6.07) is 12.1. The molecule has 1 amide bonds. The smallest absolute Gasteiger partial charge is 0.254 e. The van der Waals surface area contributed by atoms with Crippen molar-refractivity contribution in [2.24, 2.45) is 0 Å². The lowest BCUT2D eigenvalue weighted by Crippen LogP contribution is -2.42. The summed E-state index contributed by atoms with van der Waals surface area (Å²) < 4.78 is 39.0. The van der Waals surface area contributed by atoms with E-state index in [1.54, 1.807) is 36.7 Å². The van der Waals surface area contributed by atoms with Gasteiger partial charge in [0.15, 0.2) is 11.5 Å². The van der Waals surface area contributed by atoms with Crippen LogP contribution in [0.25, 0.3) is 0 Å². The molecule has 0 saturated carbocycles. The highest BCUT2D eigenvalue weighted by Gasteiger charge is 2.31. The predicted molar refractivity (Wildman–Crippen MR) is 124 cm³/mol. The van der Waals surface area contributed by atoms with Gasteiger partial charge < -0.3 is 14.4 Å². The summed E-state index contributed by atoms with van der Waals surface area (Å²) in [5.41, 5.74) is 1.12. The minimum absolute atomic E-state index is 0.0380. The quantitative estimate of drug-likeness (QED) is 0.600. The van der Waals surface area contributed by atoms with Crippen LogP contribution in [0.1, 0.15) is 42.1 Å². The first-order chi connectivity index (χ1) is 15.3. The minimum atomic E-state index is -3.65. The average molecular weight is 461 g/mol. The van der Waals surface area contributed by atoms with Crippen molar-refractivity contribution in [1.29, 1.82) is 0 Å². The Bertz CT molecular complexity index is 1050. The van der Waals surface area contributed by atoms with Crippen LogP contribution >= 0.6 is 0 Å². The van der Waals surface area contributed by atoms with Crippen LogP contribution in [-0.2, 0) is 10.0 Å². The number of piperidine rings is 1. The van der Waals surface area contributed by atoms with Crippen molar-refractivity contribution in [3.8, 4) is 11.5 Å². The van der Waals surface area contributed by atoms with Crippen molar-refractivity contribution < 1.29 is 22.7 Å². The van der Waals surface area contributed by atoms with E-state index in [1.165, 1.54) is 11.0 Å². The van der Waals surface area contributed by atoms with Gasteiger partial charge in [-0.25, -0.2) is 8.42 Å². The largest absolute Gasteiger partial charge is 0.493 e. The number of para-hydroxylation sites is 2. The molecule has 0 aromatic heterocycles. The van der Waals surface area contributed by atoms with Crippen LogP contribution in [0.15, 0.2) is 47.4 Å². The van der Waals surface area contributed by atoms with Gasteiger partial charge in [-0.15, -0.1) is 0 Å². The van der Waals surface area contributed by atoms with Gasteiger partial charge in [-0.2, -0.15) is 4.31 Å². The molecule has 2 aromatic rings. The zero-order valence-corrected chi connectivity index (χ0v) is 20.0. The number of hydrogen-bond acceptors (Lipinski definition) is 5. The van der Waals surface area contributed by atoms with Crippen molar-refractivity contribution in [1.82, 2.24) is 9.21 Å². The second kappa shape index (κ2) is 10.4. The molecule has 2 aromatic carbocycles. The summed E-state index contributed by atoms with van der Waals surface area (Å²) in [7, 11) is -0.389. The van der Waals surface area contributed by atoms with Gasteiger partial charge in [-0.05, 0) is 56.5 Å². The second-order valence-corrected chi connectivity index (χ2v) is 10.1. The van der Waals surface area contributed by atoms with E-state index < -0.39 is 10.0 Å². The maximum absolute atomic E-state index is 13.2. The number of sulfonamides is 1. The fourth-order valence-corrected chi connectivity index (χ4v) is 5.62. The fourth-order valence-electron chi connectivity index (χ4n) is 3.89. The Morgan fingerprint density at radius 3 is 2.56 bits per heavy atom. The molecule has 1 atom stereocenters. The first kappa shape index (κ1) is 24.1. The van der Waals surface area contributed by atoms with Crippen molar-refractivity contribution in [2.45, 2.75) is 44.0 Å². The molecule has 0 radical (unpaired) electrons. The van der Waals surface area contributed by atoms with Crippen molar-refractivity contribution in [3.63, 3.8) is 0 Å². The molecule has 3 rings (SSSR count). The lowest BCUT2D eigenvalue weighted by atomic mass is 10.1. The van der Waals surface area contributed by atoms with Gasteiger partial charge in [0.2, 0.25) is 10.0 Å². The van der Waals surface area contributed by atoms with E-state index in [2.05, 4.69) is 0 Å². The Labute approximate surface area is 191 Å². The van der Waals surface area contributed by atoms with Gasteiger partial charge in [0.05, 0.1) is 18.6 Å². The van der Waals surface area contributed by atoms with Gasteiger partial charge in [-0.1, -0.05) is 24.6 Å². The van der Waals surface area contributed by atoms with E-state index in [-0.39, 0.29) is 23.5 Å². The van der Waals surface area contributed by atoms with Crippen LogP contribution < -0.4 is 9.47 Å². The summed E-state index contributed by atoms with van der Waals surface area (Å²) in [5.74, 6) is 0.993. The Kier molecular flexibility index (Phi) is 7.79. The molecular weight excluding hydrogens is 428 g/mol. The average Bonchev–Trinajstić information content (AvgIpc) is 2.79. The number of nitrogens with zero attached hydrogens (tertiary/aromatic N) is 2. The third-order valence-electron chi connectivity index (χ3n) is 5.89. The molecule has 0 aliphatic carbocycles. The number of rotatable bonds is 8. The molecule has 1 fully saturated rings. The second-order valence-electron chi connectivity index (χ2n) is 8.16. The first-order valence-corrected chi connectivity index (χ1v) is 12.3. The Balaban J connectivity index is 1.72. The van der Waals surface area contributed by atoms with Gasteiger partial charge in [-0.3, -0.25) is 4.79 Å². The van der Waals surface area contributed by atoms with Crippen LogP contribution in [0, 0.1) is 6.92 Å². The van der Waals surface area contributed by atoms with Gasteiger partial charge in [0.25, 0.3) is 5.91 Å². The molecule has 1 saturated heterocycles. The van der Waals surface area contributed by atoms with E-state index in [1.807, 2.05) is 32.0 Å². The number of aryl methyl sites for hydroxylation is 1. The Morgan fingerprint density at radius 1 is 1.16 bits per heavy atom. The van der Waals surface area contributed by atoms with Crippen LogP contribution in [0.5, 0.6) is 11.5 Å². The molecule has 0 N–H and O–H groups in total. The van der Waals surface area contributed by atoms with E-state index >= 15 is 0 Å². The summed E-state index contributed by atoms with van der Waals surface area (Å²) in [6.45, 7) is 4.89. The van der Waals surface area contributed by atoms with Gasteiger partial charge in [0.1, 0.15) is 6.61 Å². The highest BCUT2D eigenvalue weighted by Crippen LogP contribution is 2.27. The zero-order chi connectivity index (χ0) is 23.3. The molecule has 1 unspecified atom stereocenters. The lowest BCUT2D eigenvalue weighted by Gasteiger charge is -2.32. The molecule has 1 aliphatic rings. The number of hydrogen-bond donors (Lipinski definition) is 0. The molecule has 0 spiro atoms. The number of likely N-dealkylation sites (N-methyl/N-ethyl adjacent to an activating group) is 1. The van der Waals surface area contributed by atoms with E-state index in [0.29, 0.717) is 30.2 Å². The predicted octanol–water partition coefficient (Wildman–Crippen LogP) is 3.72. The number of carbonyl (C=O) groups excluding carboxylic acids is 1. The molecule has 32 heavy (non-hydrogen) atoms. The van der Waals surface area contributed by atoms with Crippen LogP contribution in [0.4, 0.5) is 0 Å². The number of methoxy groups -OCH3 is 1. The molecule has 8 heteroatoms. The number of ether oxygens (including phenoxy) is 2. The van der Waals surface area contributed by atoms with E-state index in [0.717, 1.165) is 24.8 Å².